The van der Waals surface area contributed by atoms with Crippen molar-refractivity contribution in [2.24, 2.45) is 5.92 Å². The highest BCUT2D eigenvalue weighted by molar-refractivity contribution is 7.18. The van der Waals surface area contributed by atoms with Crippen molar-refractivity contribution in [2.45, 2.75) is 52.8 Å². The Kier molecular flexibility index (Phi) is 7.32. The summed E-state index contributed by atoms with van der Waals surface area (Å²) in [6, 6.07) is 8.58. The van der Waals surface area contributed by atoms with Crippen LogP contribution in [0.15, 0.2) is 30.6 Å². The van der Waals surface area contributed by atoms with Gasteiger partial charge in [-0.3, -0.25) is 9.69 Å². The number of hydrogen-bond acceptors (Lipinski definition) is 7. The van der Waals surface area contributed by atoms with E-state index >= 15 is 0 Å². The molecule has 1 atom stereocenters. The van der Waals surface area contributed by atoms with Crippen LogP contribution in [-0.4, -0.2) is 59.7 Å². The molecular formula is C27H35N5O2S. The van der Waals surface area contributed by atoms with Gasteiger partial charge in [-0.05, 0) is 50.3 Å². The minimum Gasteiger partial charge on any atom is -0.376 e. The first kappa shape index (κ1) is 24.2. The van der Waals surface area contributed by atoms with Gasteiger partial charge in [-0.1, -0.05) is 24.3 Å². The van der Waals surface area contributed by atoms with Gasteiger partial charge in [-0.2, -0.15) is 0 Å². The number of thiophene rings is 1. The van der Waals surface area contributed by atoms with E-state index in [1.165, 1.54) is 21.4 Å². The number of hydrogen-bond donors (Lipinski definition) is 1. The average Bonchev–Trinajstić information content (AvgIpc) is 3.16. The molecule has 3 aromatic rings. The summed E-state index contributed by atoms with van der Waals surface area (Å²) in [6.07, 6.45) is 3.64. The molecule has 0 saturated carbocycles. The fourth-order valence-corrected chi connectivity index (χ4v) is 6.21. The minimum absolute atomic E-state index is 0.0481. The maximum Gasteiger partial charge on any atom is 0.223 e. The smallest absolute Gasteiger partial charge is 0.223 e. The van der Waals surface area contributed by atoms with Crippen molar-refractivity contribution in [3.05, 3.63) is 52.2 Å². The lowest BCUT2D eigenvalue weighted by atomic mass is 9.95. The van der Waals surface area contributed by atoms with Crippen molar-refractivity contribution >= 4 is 33.3 Å². The molecule has 5 rings (SSSR count). The molecule has 2 saturated heterocycles. The molecule has 1 amide bonds. The molecule has 1 unspecified atom stereocenters. The molecule has 1 N–H and O–H groups in total. The van der Waals surface area contributed by atoms with Crippen LogP contribution in [0.5, 0.6) is 0 Å². The third kappa shape index (κ3) is 5.50. The van der Waals surface area contributed by atoms with Gasteiger partial charge in [-0.25, -0.2) is 9.97 Å². The van der Waals surface area contributed by atoms with E-state index < -0.39 is 0 Å². The lowest BCUT2D eigenvalue weighted by molar-refractivity contribution is -0.125. The van der Waals surface area contributed by atoms with E-state index in [-0.39, 0.29) is 17.9 Å². The van der Waals surface area contributed by atoms with Gasteiger partial charge >= 0.3 is 0 Å². The number of nitrogens with one attached hydrogen (secondary N) is 1. The summed E-state index contributed by atoms with van der Waals surface area (Å²) in [4.78, 5) is 29.1. The first-order valence-electron chi connectivity index (χ1n) is 12.6. The molecule has 0 aliphatic carbocycles. The van der Waals surface area contributed by atoms with Crippen LogP contribution < -0.4 is 10.2 Å². The second kappa shape index (κ2) is 10.6. The van der Waals surface area contributed by atoms with Crippen molar-refractivity contribution < 1.29 is 9.53 Å². The van der Waals surface area contributed by atoms with Gasteiger partial charge in [0.2, 0.25) is 5.91 Å². The summed E-state index contributed by atoms with van der Waals surface area (Å²) in [7, 11) is 0. The topological polar surface area (TPSA) is 70.6 Å². The average molecular weight is 494 g/mol. The zero-order chi connectivity index (χ0) is 24.4. The molecule has 8 heteroatoms. The lowest BCUT2D eigenvalue weighted by Crippen LogP contribution is -2.41. The molecule has 4 heterocycles. The molecular weight excluding hydrogens is 458 g/mol. The Labute approximate surface area is 211 Å². The Balaban J connectivity index is 1.14. The van der Waals surface area contributed by atoms with Crippen molar-refractivity contribution in [2.75, 3.05) is 37.7 Å². The molecule has 186 valence electrons. The molecule has 2 fully saturated rings. The number of carbonyl (C=O) groups excluding carboxylic acids is 1. The van der Waals surface area contributed by atoms with Gasteiger partial charge < -0.3 is 15.0 Å². The molecule has 35 heavy (non-hydrogen) atoms. The Morgan fingerprint density at radius 1 is 1.17 bits per heavy atom. The SMILES string of the molecule is Cc1sc2ncnc(N3CCC(C(=O)NCc4cccc(CN5CCOC(C)C5)c4)CC3)c2c1C. The van der Waals surface area contributed by atoms with Gasteiger partial charge in [0.05, 0.1) is 18.1 Å². The Morgan fingerprint density at radius 3 is 2.77 bits per heavy atom. The van der Waals surface area contributed by atoms with E-state index in [1.54, 1.807) is 17.7 Å². The van der Waals surface area contributed by atoms with E-state index in [0.717, 1.165) is 68.4 Å². The highest BCUT2D eigenvalue weighted by Crippen LogP contribution is 2.35. The summed E-state index contributed by atoms with van der Waals surface area (Å²) in [6.45, 7) is 12.3. The number of carbonyl (C=O) groups is 1. The van der Waals surface area contributed by atoms with Crippen LogP contribution in [0.1, 0.15) is 41.3 Å². The number of amides is 1. The molecule has 0 spiro atoms. The van der Waals surface area contributed by atoms with Gasteiger partial charge in [0, 0.05) is 50.1 Å². The third-order valence-corrected chi connectivity index (χ3v) is 8.42. The maximum absolute atomic E-state index is 12.9. The number of aryl methyl sites for hydroxylation is 2. The number of benzene rings is 1. The molecule has 2 aliphatic rings. The number of fused-ring (bicyclic) bond motifs is 1. The van der Waals surface area contributed by atoms with E-state index in [0.29, 0.717) is 6.54 Å². The van der Waals surface area contributed by atoms with Crippen LogP contribution in [0.2, 0.25) is 0 Å². The summed E-state index contributed by atoms with van der Waals surface area (Å²) in [5, 5.41) is 4.36. The second-order valence-electron chi connectivity index (χ2n) is 9.88. The summed E-state index contributed by atoms with van der Waals surface area (Å²) in [5.74, 6) is 1.22. The fourth-order valence-electron chi connectivity index (χ4n) is 5.22. The van der Waals surface area contributed by atoms with Crippen molar-refractivity contribution in [1.29, 1.82) is 0 Å². The number of aromatic nitrogens is 2. The van der Waals surface area contributed by atoms with E-state index in [4.69, 9.17) is 4.74 Å². The zero-order valence-electron chi connectivity index (χ0n) is 20.9. The number of rotatable bonds is 6. The summed E-state index contributed by atoms with van der Waals surface area (Å²) < 4.78 is 5.65. The highest BCUT2D eigenvalue weighted by Gasteiger charge is 2.27. The Bertz CT molecular complexity index is 1190. The fraction of sp³-hybridized carbons (Fsp3) is 0.519. The van der Waals surface area contributed by atoms with Crippen LogP contribution in [0, 0.1) is 19.8 Å². The van der Waals surface area contributed by atoms with E-state index in [9.17, 15) is 4.79 Å². The normalized spacial score (nSPS) is 19.9. The van der Waals surface area contributed by atoms with Gasteiger partial charge in [0.15, 0.2) is 0 Å². The molecule has 0 bridgehead atoms. The van der Waals surface area contributed by atoms with Crippen LogP contribution in [0.4, 0.5) is 5.82 Å². The lowest BCUT2D eigenvalue weighted by Gasteiger charge is -2.32. The number of piperidine rings is 1. The second-order valence-corrected chi connectivity index (χ2v) is 11.1. The molecule has 7 nitrogen and oxygen atoms in total. The summed E-state index contributed by atoms with van der Waals surface area (Å²) >= 11 is 1.73. The van der Waals surface area contributed by atoms with Gasteiger partial charge in [0.25, 0.3) is 0 Å². The summed E-state index contributed by atoms with van der Waals surface area (Å²) in [5.41, 5.74) is 3.71. The molecule has 2 aromatic heterocycles. The molecule has 1 aromatic carbocycles. The largest absolute Gasteiger partial charge is 0.376 e. The Hall–Kier alpha value is -2.55. The van der Waals surface area contributed by atoms with Crippen LogP contribution >= 0.6 is 11.3 Å². The number of ether oxygens (including phenoxy) is 1. The van der Waals surface area contributed by atoms with Crippen molar-refractivity contribution in [1.82, 2.24) is 20.2 Å². The predicted octanol–water partition coefficient (Wildman–Crippen LogP) is 4.06. The first-order chi connectivity index (χ1) is 17.0. The van der Waals surface area contributed by atoms with Crippen LogP contribution in [0.3, 0.4) is 0 Å². The third-order valence-electron chi connectivity index (χ3n) is 7.30. The van der Waals surface area contributed by atoms with Gasteiger partial charge in [0.1, 0.15) is 17.0 Å². The standard InChI is InChI=1S/C27H35N5O2S/c1-18-15-31(11-12-34-18)16-22-6-4-5-21(13-22)14-28-26(33)23-7-9-32(10-8-23)25-24-19(2)20(3)35-27(24)30-17-29-25/h4-6,13,17-18,23H,7-12,14-16H2,1-3H3,(H,28,33). The van der Waals surface area contributed by atoms with Crippen molar-refractivity contribution in [3.63, 3.8) is 0 Å². The predicted molar refractivity (Wildman–Crippen MR) is 141 cm³/mol. The van der Waals surface area contributed by atoms with Crippen LogP contribution in [0.25, 0.3) is 10.2 Å². The number of anilines is 1. The molecule has 0 radical (unpaired) electrons. The number of morpholine rings is 1. The number of nitrogens with zero attached hydrogens (tertiary/aromatic N) is 4. The van der Waals surface area contributed by atoms with Crippen molar-refractivity contribution in [3.8, 4) is 0 Å². The quantitative estimate of drug-likeness (QED) is 0.558. The monoisotopic (exact) mass is 493 g/mol. The minimum atomic E-state index is 0.0481. The highest BCUT2D eigenvalue weighted by atomic mass is 32.1. The first-order valence-corrected chi connectivity index (χ1v) is 13.4. The zero-order valence-corrected chi connectivity index (χ0v) is 21.7. The van der Waals surface area contributed by atoms with E-state index in [2.05, 4.69) is 70.1 Å². The maximum atomic E-state index is 12.9. The Morgan fingerprint density at radius 2 is 1.97 bits per heavy atom. The van der Waals surface area contributed by atoms with Crippen LogP contribution in [-0.2, 0) is 22.6 Å². The van der Waals surface area contributed by atoms with E-state index in [1.807, 2.05) is 0 Å². The van der Waals surface area contributed by atoms with Gasteiger partial charge in [-0.15, -0.1) is 11.3 Å². The molecule has 2 aliphatic heterocycles.